The molecule has 54 valence electrons. The number of carbonyl (C=O) groups excluding carboxylic acids is 2. The molecule has 10 heavy (non-hydrogen) atoms. The van der Waals surface area contributed by atoms with Crippen LogP contribution in [0.15, 0.2) is 0 Å². The highest BCUT2D eigenvalue weighted by Crippen LogP contribution is 2.33. The van der Waals surface area contributed by atoms with Gasteiger partial charge in [-0.2, -0.15) is 0 Å². The Morgan fingerprint density at radius 1 is 1.30 bits per heavy atom. The molecule has 1 aliphatic heterocycles. The van der Waals surface area contributed by atoms with E-state index in [2.05, 4.69) is 10.6 Å². The third-order valence-electron chi connectivity index (χ3n) is 1.90. The first-order valence-electron chi connectivity index (χ1n) is 3.39. The lowest BCUT2D eigenvalue weighted by Gasteiger charge is -2.01. The second-order valence-corrected chi connectivity index (χ2v) is 2.78. The molecule has 3 amide bonds. The van der Waals surface area contributed by atoms with E-state index >= 15 is 0 Å². The number of rotatable bonds is 1. The Bertz CT molecular complexity index is 198. The largest absolute Gasteiger partial charge is 0.326 e. The fourth-order valence-corrected chi connectivity index (χ4v) is 1.19. The van der Waals surface area contributed by atoms with Crippen molar-refractivity contribution in [1.82, 2.24) is 10.6 Å². The van der Waals surface area contributed by atoms with Crippen LogP contribution in [0.1, 0.15) is 12.8 Å². The fraction of sp³-hybridized carbons (Fsp3) is 0.667. The molecule has 0 aromatic rings. The molecule has 2 N–H and O–H groups in total. The minimum atomic E-state index is -0.345. The molecule has 4 nitrogen and oxygen atoms in total. The summed E-state index contributed by atoms with van der Waals surface area (Å²) in [5, 5.41) is 4.77. The summed E-state index contributed by atoms with van der Waals surface area (Å²) >= 11 is 0. The molecule has 0 radical (unpaired) electrons. The average molecular weight is 140 g/mol. The normalized spacial score (nSPS) is 31.8. The van der Waals surface area contributed by atoms with Crippen LogP contribution in [-0.2, 0) is 4.79 Å². The van der Waals surface area contributed by atoms with Crippen molar-refractivity contribution in [2.45, 2.75) is 18.9 Å². The van der Waals surface area contributed by atoms with Gasteiger partial charge in [0.25, 0.3) is 5.91 Å². The topological polar surface area (TPSA) is 58.2 Å². The summed E-state index contributed by atoms with van der Waals surface area (Å²) in [5.41, 5.74) is 0. The van der Waals surface area contributed by atoms with Gasteiger partial charge in [-0.05, 0) is 18.8 Å². The van der Waals surface area contributed by atoms with Crippen molar-refractivity contribution >= 4 is 11.9 Å². The van der Waals surface area contributed by atoms with Gasteiger partial charge in [0.2, 0.25) is 0 Å². The van der Waals surface area contributed by atoms with Gasteiger partial charge in [0, 0.05) is 0 Å². The Labute approximate surface area is 58.0 Å². The maximum absolute atomic E-state index is 10.9. The molecule has 0 spiro atoms. The zero-order chi connectivity index (χ0) is 7.14. The highest BCUT2D eigenvalue weighted by molar-refractivity contribution is 6.04. The summed E-state index contributed by atoms with van der Waals surface area (Å²) in [7, 11) is 0. The van der Waals surface area contributed by atoms with Gasteiger partial charge >= 0.3 is 6.03 Å². The first-order valence-corrected chi connectivity index (χ1v) is 3.39. The molecule has 1 atom stereocenters. The van der Waals surface area contributed by atoms with Crippen molar-refractivity contribution in [3.63, 3.8) is 0 Å². The minimum absolute atomic E-state index is 0.160. The predicted octanol–water partition coefficient (Wildman–Crippen LogP) is -0.396. The molecule has 2 aliphatic rings. The lowest BCUT2D eigenvalue weighted by Crippen LogP contribution is -2.30. The van der Waals surface area contributed by atoms with E-state index < -0.39 is 0 Å². The van der Waals surface area contributed by atoms with E-state index in [0.717, 1.165) is 12.8 Å². The number of hydrogen-bond donors (Lipinski definition) is 2. The lowest BCUT2D eigenvalue weighted by atomic mass is 10.2. The van der Waals surface area contributed by atoms with E-state index in [1.807, 2.05) is 0 Å². The molecule has 0 bridgehead atoms. The van der Waals surface area contributed by atoms with E-state index in [1.165, 1.54) is 0 Å². The van der Waals surface area contributed by atoms with Gasteiger partial charge in [-0.15, -0.1) is 0 Å². The molecule has 1 saturated heterocycles. The van der Waals surface area contributed by atoms with Crippen LogP contribution in [0.5, 0.6) is 0 Å². The molecule has 0 aromatic carbocycles. The molecular formula is C6H8N2O2. The number of hydrogen-bond acceptors (Lipinski definition) is 2. The quantitative estimate of drug-likeness (QED) is 0.487. The first kappa shape index (κ1) is 5.70. The van der Waals surface area contributed by atoms with Gasteiger partial charge in [0.1, 0.15) is 6.04 Å². The third-order valence-corrected chi connectivity index (χ3v) is 1.90. The fourth-order valence-electron chi connectivity index (χ4n) is 1.19. The smallest absolute Gasteiger partial charge is 0.322 e. The van der Waals surface area contributed by atoms with Crippen molar-refractivity contribution < 1.29 is 9.59 Å². The van der Waals surface area contributed by atoms with Crippen molar-refractivity contribution in [2.75, 3.05) is 0 Å². The molecule has 1 unspecified atom stereocenters. The maximum atomic E-state index is 10.9. The van der Waals surface area contributed by atoms with E-state index in [9.17, 15) is 9.59 Å². The van der Waals surface area contributed by atoms with Crippen molar-refractivity contribution in [2.24, 2.45) is 5.92 Å². The number of nitrogens with one attached hydrogen (secondary N) is 2. The van der Waals surface area contributed by atoms with Crippen LogP contribution in [0.25, 0.3) is 0 Å². The lowest BCUT2D eigenvalue weighted by molar-refractivity contribution is -0.120. The first-order chi connectivity index (χ1) is 4.77. The second kappa shape index (κ2) is 1.71. The maximum Gasteiger partial charge on any atom is 0.322 e. The highest BCUT2D eigenvalue weighted by Gasteiger charge is 2.41. The Balaban J connectivity index is 2.08. The van der Waals surface area contributed by atoms with Gasteiger partial charge in [-0.25, -0.2) is 4.79 Å². The molecule has 2 fully saturated rings. The van der Waals surface area contributed by atoms with Crippen molar-refractivity contribution in [3.8, 4) is 0 Å². The van der Waals surface area contributed by atoms with Crippen molar-refractivity contribution in [1.29, 1.82) is 0 Å². The summed E-state index contributed by atoms with van der Waals surface area (Å²) in [6.45, 7) is 0. The molecular weight excluding hydrogens is 132 g/mol. The van der Waals surface area contributed by atoms with Crippen LogP contribution in [0.2, 0.25) is 0 Å². The highest BCUT2D eigenvalue weighted by atomic mass is 16.2. The zero-order valence-corrected chi connectivity index (χ0v) is 5.39. The SMILES string of the molecule is O=C1NC(=O)C(C2CC2)N1. The number of imide groups is 1. The Morgan fingerprint density at radius 3 is 2.40 bits per heavy atom. The third kappa shape index (κ3) is 0.761. The molecule has 2 rings (SSSR count). The predicted molar refractivity (Wildman–Crippen MR) is 33.2 cm³/mol. The summed E-state index contributed by atoms with van der Waals surface area (Å²) in [5.74, 6) is 0.249. The van der Waals surface area contributed by atoms with Gasteiger partial charge < -0.3 is 5.32 Å². The van der Waals surface area contributed by atoms with E-state index in [0.29, 0.717) is 5.92 Å². The van der Waals surface area contributed by atoms with Gasteiger partial charge in [0.15, 0.2) is 0 Å². The summed E-state index contributed by atoms with van der Waals surface area (Å²) in [6.07, 6.45) is 2.14. The van der Waals surface area contributed by atoms with Crippen LogP contribution in [0, 0.1) is 5.92 Å². The monoisotopic (exact) mass is 140 g/mol. The Kier molecular flexibility index (Phi) is 0.977. The van der Waals surface area contributed by atoms with Gasteiger partial charge in [-0.3, -0.25) is 10.1 Å². The van der Waals surface area contributed by atoms with Gasteiger partial charge in [0.05, 0.1) is 0 Å². The molecule has 1 aliphatic carbocycles. The summed E-state index contributed by atoms with van der Waals surface area (Å²) in [4.78, 5) is 21.4. The minimum Gasteiger partial charge on any atom is -0.326 e. The van der Waals surface area contributed by atoms with Crippen molar-refractivity contribution in [3.05, 3.63) is 0 Å². The number of amides is 3. The van der Waals surface area contributed by atoms with E-state index in [1.54, 1.807) is 0 Å². The van der Waals surface area contributed by atoms with E-state index in [-0.39, 0.29) is 18.0 Å². The van der Waals surface area contributed by atoms with Crippen LogP contribution in [-0.4, -0.2) is 18.0 Å². The number of urea groups is 1. The van der Waals surface area contributed by atoms with E-state index in [4.69, 9.17) is 0 Å². The summed E-state index contributed by atoms with van der Waals surface area (Å²) in [6, 6.07) is -0.575. The van der Waals surface area contributed by atoms with Gasteiger partial charge in [-0.1, -0.05) is 0 Å². The zero-order valence-electron chi connectivity index (χ0n) is 5.39. The van der Waals surface area contributed by atoms with Crippen LogP contribution < -0.4 is 10.6 Å². The molecule has 1 saturated carbocycles. The van der Waals surface area contributed by atoms with Crippen LogP contribution >= 0.6 is 0 Å². The molecule has 4 heteroatoms. The molecule has 1 heterocycles. The number of carbonyl (C=O) groups is 2. The Morgan fingerprint density at radius 2 is 2.00 bits per heavy atom. The molecule has 0 aromatic heterocycles. The Hall–Kier alpha value is -1.06. The standard InChI is InChI=1S/C6H8N2O2/c9-5-4(3-1-2-3)7-6(10)8-5/h3-4H,1-2H2,(H2,7,8,9,10). The summed E-state index contributed by atoms with van der Waals surface area (Å²) < 4.78 is 0. The average Bonchev–Trinajstić information content (AvgIpc) is 2.61. The van der Waals surface area contributed by atoms with Crippen LogP contribution in [0.4, 0.5) is 4.79 Å². The second-order valence-electron chi connectivity index (χ2n) is 2.78. The van der Waals surface area contributed by atoms with Crippen LogP contribution in [0.3, 0.4) is 0 Å².